The van der Waals surface area contributed by atoms with Crippen molar-refractivity contribution in [2.75, 3.05) is 18.6 Å². The largest absolute Gasteiger partial charge is 0.380 e. The average molecular weight is 283 g/mol. The highest BCUT2D eigenvalue weighted by molar-refractivity contribution is 7.91. The van der Waals surface area contributed by atoms with Gasteiger partial charge in [-0.15, -0.1) is 0 Å². The van der Waals surface area contributed by atoms with Gasteiger partial charge in [0.15, 0.2) is 0 Å². The van der Waals surface area contributed by atoms with E-state index >= 15 is 0 Å². The number of benzene rings is 1. The van der Waals surface area contributed by atoms with Gasteiger partial charge in [-0.2, -0.15) is 0 Å². The molecule has 1 saturated heterocycles. The summed E-state index contributed by atoms with van der Waals surface area (Å²) in [6.45, 7) is 1.40. The van der Waals surface area contributed by atoms with Crippen LogP contribution in [-0.2, 0) is 27.7 Å². The molecule has 5 heteroatoms. The Morgan fingerprint density at radius 3 is 2.63 bits per heavy atom. The molecule has 1 N–H and O–H groups in total. The topological polar surface area (TPSA) is 55.4 Å². The predicted molar refractivity (Wildman–Crippen MR) is 75.7 cm³/mol. The smallest absolute Gasteiger partial charge is 0.150 e. The molecule has 0 radical (unpaired) electrons. The van der Waals surface area contributed by atoms with Crippen molar-refractivity contribution in [2.24, 2.45) is 0 Å². The third kappa shape index (κ3) is 4.60. The van der Waals surface area contributed by atoms with Crippen molar-refractivity contribution < 1.29 is 13.2 Å². The molecular weight excluding hydrogens is 262 g/mol. The fourth-order valence-corrected chi connectivity index (χ4v) is 3.84. The normalized spacial score (nSPS) is 19.4. The van der Waals surface area contributed by atoms with Crippen LogP contribution in [0.15, 0.2) is 24.3 Å². The second-order valence-electron chi connectivity index (χ2n) is 5.06. The molecule has 0 unspecified atom stereocenters. The van der Waals surface area contributed by atoms with Gasteiger partial charge in [0.2, 0.25) is 0 Å². The summed E-state index contributed by atoms with van der Waals surface area (Å²) in [5.74, 6) is 0.628. The lowest BCUT2D eigenvalue weighted by Gasteiger charge is -2.23. The van der Waals surface area contributed by atoms with E-state index < -0.39 is 9.84 Å². The van der Waals surface area contributed by atoms with E-state index in [4.69, 9.17) is 4.74 Å². The van der Waals surface area contributed by atoms with Crippen molar-refractivity contribution in [3.63, 3.8) is 0 Å². The van der Waals surface area contributed by atoms with E-state index in [9.17, 15) is 8.42 Å². The number of hydrogen-bond donors (Lipinski definition) is 1. The zero-order valence-electron chi connectivity index (χ0n) is 11.3. The molecule has 1 aliphatic rings. The van der Waals surface area contributed by atoms with Gasteiger partial charge in [-0.05, 0) is 24.0 Å². The van der Waals surface area contributed by atoms with Gasteiger partial charge in [-0.1, -0.05) is 24.3 Å². The molecule has 0 saturated carbocycles. The van der Waals surface area contributed by atoms with Gasteiger partial charge in [-0.3, -0.25) is 0 Å². The number of ether oxygens (including phenoxy) is 1. The predicted octanol–water partition coefficient (Wildman–Crippen LogP) is 1.50. The van der Waals surface area contributed by atoms with Crippen LogP contribution >= 0.6 is 0 Å². The standard InChI is InChI=1S/C14H21NO3S/c1-18-11-13-4-2-3-12(9-13)10-15-14-5-7-19(16,17)8-6-14/h2-4,9,14-15H,5-8,10-11H2,1H3. The van der Waals surface area contributed by atoms with Crippen molar-refractivity contribution >= 4 is 9.84 Å². The molecule has 1 heterocycles. The van der Waals surface area contributed by atoms with E-state index in [1.54, 1.807) is 7.11 Å². The summed E-state index contributed by atoms with van der Waals surface area (Å²) in [4.78, 5) is 0. The SMILES string of the molecule is COCc1cccc(CNC2CCS(=O)(=O)CC2)c1. The Balaban J connectivity index is 1.84. The highest BCUT2D eigenvalue weighted by Crippen LogP contribution is 2.13. The Bertz CT molecular complexity index is 499. The lowest BCUT2D eigenvalue weighted by Crippen LogP contribution is -2.37. The minimum Gasteiger partial charge on any atom is -0.380 e. The Hall–Kier alpha value is -0.910. The van der Waals surface area contributed by atoms with Gasteiger partial charge >= 0.3 is 0 Å². The first kappa shape index (κ1) is 14.5. The van der Waals surface area contributed by atoms with Gasteiger partial charge in [0.05, 0.1) is 18.1 Å². The number of methoxy groups -OCH3 is 1. The van der Waals surface area contributed by atoms with E-state index in [2.05, 4.69) is 17.4 Å². The minimum absolute atomic E-state index is 0.314. The Morgan fingerprint density at radius 2 is 1.95 bits per heavy atom. The molecule has 1 fully saturated rings. The second kappa shape index (κ2) is 6.50. The molecule has 0 atom stereocenters. The summed E-state index contributed by atoms with van der Waals surface area (Å²) in [6, 6.07) is 8.58. The van der Waals surface area contributed by atoms with Gasteiger partial charge in [0.1, 0.15) is 9.84 Å². The number of nitrogens with one attached hydrogen (secondary N) is 1. The van der Waals surface area contributed by atoms with E-state index in [-0.39, 0.29) is 0 Å². The summed E-state index contributed by atoms with van der Waals surface area (Å²) in [5, 5.41) is 3.44. The fraction of sp³-hybridized carbons (Fsp3) is 0.571. The number of sulfone groups is 1. The van der Waals surface area contributed by atoms with Crippen LogP contribution in [0.25, 0.3) is 0 Å². The van der Waals surface area contributed by atoms with Crippen LogP contribution in [0.4, 0.5) is 0 Å². The summed E-state index contributed by atoms with van der Waals surface area (Å²) in [7, 11) is -1.08. The maximum Gasteiger partial charge on any atom is 0.150 e. The first-order valence-corrected chi connectivity index (χ1v) is 8.42. The second-order valence-corrected chi connectivity index (χ2v) is 7.36. The van der Waals surface area contributed by atoms with Crippen molar-refractivity contribution in [3.8, 4) is 0 Å². The maximum atomic E-state index is 11.3. The molecule has 1 aromatic carbocycles. The average Bonchev–Trinajstić information content (AvgIpc) is 2.38. The summed E-state index contributed by atoms with van der Waals surface area (Å²) in [6.07, 6.45) is 1.44. The van der Waals surface area contributed by atoms with Gasteiger partial charge in [0.25, 0.3) is 0 Å². The third-order valence-electron chi connectivity index (χ3n) is 3.45. The number of hydrogen-bond acceptors (Lipinski definition) is 4. The molecule has 0 aromatic heterocycles. The molecule has 1 aromatic rings. The Kier molecular flexibility index (Phi) is 4.96. The van der Waals surface area contributed by atoms with Crippen LogP contribution in [0.5, 0.6) is 0 Å². The van der Waals surface area contributed by atoms with Crippen LogP contribution in [0.2, 0.25) is 0 Å². The van der Waals surface area contributed by atoms with E-state index in [1.165, 1.54) is 5.56 Å². The Morgan fingerprint density at radius 1 is 1.26 bits per heavy atom. The fourth-order valence-electron chi connectivity index (χ4n) is 2.35. The first-order chi connectivity index (χ1) is 9.09. The van der Waals surface area contributed by atoms with Crippen molar-refractivity contribution in [3.05, 3.63) is 35.4 Å². The van der Waals surface area contributed by atoms with E-state index in [0.29, 0.717) is 24.2 Å². The molecule has 2 rings (SSSR count). The molecule has 0 aliphatic carbocycles. The van der Waals surface area contributed by atoms with Gasteiger partial charge < -0.3 is 10.1 Å². The van der Waals surface area contributed by atoms with Crippen LogP contribution in [0.3, 0.4) is 0 Å². The van der Waals surface area contributed by atoms with Crippen molar-refractivity contribution in [2.45, 2.75) is 32.0 Å². The maximum absolute atomic E-state index is 11.3. The summed E-state index contributed by atoms with van der Waals surface area (Å²) < 4.78 is 27.8. The highest BCUT2D eigenvalue weighted by atomic mass is 32.2. The quantitative estimate of drug-likeness (QED) is 0.890. The number of rotatable bonds is 5. The molecule has 0 spiro atoms. The van der Waals surface area contributed by atoms with Crippen LogP contribution in [-0.4, -0.2) is 33.1 Å². The van der Waals surface area contributed by atoms with Crippen molar-refractivity contribution in [1.29, 1.82) is 0 Å². The molecule has 106 valence electrons. The molecule has 4 nitrogen and oxygen atoms in total. The van der Waals surface area contributed by atoms with Gasteiger partial charge in [0, 0.05) is 19.7 Å². The molecular formula is C14H21NO3S. The molecule has 1 aliphatic heterocycles. The molecule has 19 heavy (non-hydrogen) atoms. The monoisotopic (exact) mass is 283 g/mol. The lowest BCUT2D eigenvalue weighted by molar-refractivity contribution is 0.185. The minimum atomic E-state index is -2.77. The molecule has 0 bridgehead atoms. The summed E-state index contributed by atoms with van der Waals surface area (Å²) >= 11 is 0. The Labute approximate surface area is 115 Å². The van der Waals surface area contributed by atoms with Crippen molar-refractivity contribution in [1.82, 2.24) is 5.32 Å². The van der Waals surface area contributed by atoms with Crippen LogP contribution < -0.4 is 5.32 Å². The van der Waals surface area contributed by atoms with Gasteiger partial charge in [-0.25, -0.2) is 8.42 Å². The van der Waals surface area contributed by atoms with E-state index in [1.807, 2.05) is 12.1 Å². The lowest BCUT2D eigenvalue weighted by atomic mass is 10.1. The zero-order valence-corrected chi connectivity index (χ0v) is 12.1. The summed E-state index contributed by atoms with van der Waals surface area (Å²) in [5.41, 5.74) is 2.37. The van der Waals surface area contributed by atoms with E-state index in [0.717, 1.165) is 24.9 Å². The van der Waals surface area contributed by atoms with Crippen LogP contribution in [0, 0.1) is 0 Å². The first-order valence-electron chi connectivity index (χ1n) is 6.59. The molecule has 0 amide bonds. The third-order valence-corrected chi connectivity index (χ3v) is 5.17. The highest BCUT2D eigenvalue weighted by Gasteiger charge is 2.22. The van der Waals surface area contributed by atoms with Crippen LogP contribution in [0.1, 0.15) is 24.0 Å². The zero-order chi connectivity index (χ0) is 13.7.